The number of carbonyl (C=O) groups excluding carboxylic acids is 1. The van der Waals surface area contributed by atoms with Gasteiger partial charge in [0.2, 0.25) is 0 Å². The predicted octanol–water partition coefficient (Wildman–Crippen LogP) is 3.98. The highest BCUT2D eigenvalue weighted by Crippen LogP contribution is 2.31. The van der Waals surface area contributed by atoms with Crippen molar-refractivity contribution in [1.29, 1.82) is 0 Å². The molecule has 5 heteroatoms. The van der Waals surface area contributed by atoms with E-state index >= 15 is 0 Å². The monoisotopic (exact) mass is 336 g/mol. The van der Waals surface area contributed by atoms with Crippen LogP contribution in [0.2, 0.25) is 0 Å². The van der Waals surface area contributed by atoms with Crippen molar-refractivity contribution in [2.24, 2.45) is 0 Å². The van der Waals surface area contributed by atoms with E-state index in [-0.39, 0.29) is 11.7 Å². The highest BCUT2D eigenvalue weighted by Gasteiger charge is 2.27. The summed E-state index contributed by atoms with van der Waals surface area (Å²) in [5.41, 5.74) is 2.27. The van der Waals surface area contributed by atoms with Gasteiger partial charge in [0.1, 0.15) is 17.3 Å². The molecule has 1 aliphatic heterocycles. The van der Waals surface area contributed by atoms with Crippen LogP contribution in [0.15, 0.2) is 48.5 Å². The van der Waals surface area contributed by atoms with Gasteiger partial charge in [-0.2, -0.15) is 0 Å². The summed E-state index contributed by atoms with van der Waals surface area (Å²) in [5.74, 6) is 0.0975. The number of aromatic nitrogens is 1. The van der Waals surface area contributed by atoms with Crippen molar-refractivity contribution < 1.29 is 13.9 Å². The van der Waals surface area contributed by atoms with Crippen molar-refractivity contribution >= 4 is 22.5 Å². The SMILES string of the molecule is COc1ccc2nc(C(=O)N3CCCc4cccc(F)c43)ccc2c1. The first-order valence-electron chi connectivity index (χ1n) is 8.21. The standard InChI is InChI=1S/C20H17FN2O2/c1-25-15-8-10-17-14(12-15)7-9-18(22-17)20(24)23-11-3-5-13-4-2-6-16(21)19(13)23/h2,4,6-10,12H,3,5,11H2,1H3. The number of ether oxygens (including phenoxy) is 1. The number of aryl methyl sites for hydroxylation is 1. The zero-order chi connectivity index (χ0) is 17.4. The van der Waals surface area contributed by atoms with Crippen LogP contribution in [0.1, 0.15) is 22.5 Å². The fourth-order valence-electron chi connectivity index (χ4n) is 3.29. The summed E-state index contributed by atoms with van der Waals surface area (Å²) in [6.07, 6.45) is 1.59. The van der Waals surface area contributed by atoms with E-state index in [1.165, 1.54) is 11.0 Å². The summed E-state index contributed by atoms with van der Waals surface area (Å²) >= 11 is 0. The number of carbonyl (C=O) groups is 1. The van der Waals surface area contributed by atoms with Gasteiger partial charge in [-0.15, -0.1) is 0 Å². The van der Waals surface area contributed by atoms with E-state index in [4.69, 9.17) is 4.74 Å². The van der Waals surface area contributed by atoms with Gasteiger partial charge >= 0.3 is 0 Å². The van der Waals surface area contributed by atoms with Crippen LogP contribution >= 0.6 is 0 Å². The lowest BCUT2D eigenvalue weighted by molar-refractivity contribution is 0.0979. The minimum atomic E-state index is -0.365. The number of rotatable bonds is 2. The van der Waals surface area contributed by atoms with Gasteiger partial charge in [-0.1, -0.05) is 18.2 Å². The van der Waals surface area contributed by atoms with E-state index in [1.807, 2.05) is 24.3 Å². The Bertz CT molecular complexity index is 971. The van der Waals surface area contributed by atoms with Crippen molar-refractivity contribution in [3.8, 4) is 5.75 Å². The second-order valence-corrected chi connectivity index (χ2v) is 6.06. The number of benzene rings is 2. The van der Waals surface area contributed by atoms with E-state index < -0.39 is 0 Å². The summed E-state index contributed by atoms with van der Waals surface area (Å²) < 4.78 is 19.5. The summed E-state index contributed by atoms with van der Waals surface area (Å²) in [5, 5.41) is 0.890. The first kappa shape index (κ1) is 15.6. The third-order valence-corrected chi connectivity index (χ3v) is 4.53. The van der Waals surface area contributed by atoms with Crippen LogP contribution in [0.5, 0.6) is 5.75 Å². The second kappa shape index (κ2) is 6.16. The quantitative estimate of drug-likeness (QED) is 0.711. The molecule has 1 aliphatic rings. The number of fused-ring (bicyclic) bond motifs is 2. The Kier molecular flexibility index (Phi) is 3.84. The second-order valence-electron chi connectivity index (χ2n) is 6.06. The number of methoxy groups -OCH3 is 1. The normalized spacial score (nSPS) is 13.6. The lowest BCUT2D eigenvalue weighted by Crippen LogP contribution is -2.36. The molecule has 1 amide bonds. The lowest BCUT2D eigenvalue weighted by atomic mass is 10.0. The molecule has 25 heavy (non-hydrogen) atoms. The Labute approximate surface area is 144 Å². The zero-order valence-corrected chi connectivity index (χ0v) is 13.8. The lowest BCUT2D eigenvalue weighted by Gasteiger charge is -2.29. The average molecular weight is 336 g/mol. The molecule has 126 valence electrons. The molecule has 0 radical (unpaired) electrons. The summed E-state index contributed by atoms with van der Waals surface area (Å²) in [6, 6.07) is 14.0. The first-order valence-corrected chi connectivity index (χ1v) is 8.21. The molecule has 0 spiro atoms. The van der Waals surface area contributed by atoms with Crippen LogP contribution in [-0.2, 0) is 6.42 Å². The van der Waals surface area contributed by atoms with Crippen LogP contribution in [0.4, 0.5) is 10.1 Å². The fraction of sp³-hybridized carbons (Fsp3) is 0.200. The van der Waals surface area contributed by atoms with Crippen molar-refractivity contribution in [3.05, 3.63) is 65.6 Å². The van der Waals surface area contributed by atoms with Crippen LogP contribution < -0.4 is 9.64 Å². The molecular formula is C20H17FN2O2. The molecule has 2 aromatic carbocycles. The average Bonchev–Trinajstić information content (AvgIpc) is 2.66. The number of anilines is 1. The Morgan fingerprint density at radius 1 is 1.20 bits per heavy atom. The van der Waals surface area contributed by atoms with Crippen LogP contribution in [0, 0.1) is 5.82 Å². The molecule has 0 aliphatic carbocycles. The maximum absolute atomic E-state index is 14.3. The fourth-order valence-corrected chi connectivity index (χ4v) is 3.29. The number of amides is 1. The molecule has 0 saturated heterocycles. The number of hydrogen-bond donors (Lipinski definition) is 0. The van der Waals surface area contributed by atoms with Gasteiger partial charge in [0.05, 0.1) is 18.3 Å². The molecule has 2 heterocycles. The minimum absolute atomic E-state index is 0.274. The van der Waals surface area contributed by atoms with Gasteiger partial charge in [0.15, 0.2) is 0 Å². The minimum Gasteiger partial charge on any atom is -0.497 e. The number of hydrogen-bond acceptors (Lipinski definition) is 3. The van der Waals surface area contributed by atoms with Crippen molar-refractivity contribution in [2.75, 3.05) is 18.6 Å². The van der Waals surface area contributed by atoms with Gasteiger partial charge in [-0.25, -0.2) is 9.37 Å². The Morgan fingerprint density at radius 3 is 2.92 bits per heavy atom. The van der Waals surface area contributed by atoms with Crippen LogP contribution in [0.3, 0.4) is 0 Å². The first-order chi connectivity index (χ1) is 12.2. The smallest absolute Gasteiger partial charge is 0.276 e. The van der Waals surface area contributed by atoms with Gasteiger partial charge in [0, 0.05) is 11.9 Å². The summed E-state index contributed by atoms with van der Waals surface area (Å²) in [7, 11) is 1.61. The predicted molar refractivity (Wildman–Crippen MR) is 94.7 cm³/mol. The Hall–Kier alpha value is -2.95. The zero-order valence-electron chi connectivity index (χ0n) is 13.8. The molecule has 0 bridgehead atoms. The van der Waals surface area contributed by atoms with Gasteiger partial charge in [-0.05, 0) is 48.7 Å². The highest BCUT2D eigenvalue weighted by molar-refractivity contribution is 6.06. The van der Waals surface area contributed by atoms with Crippen molar-refractivity contribution in [2.45, 2.75) is 12.8 Å². The molecule has 0 N–H and O–H groups in total. The van der Waals surface area contributed by atoms with Crippen LogP contribution in [0.25, 0.3) is 10.9 Å². The Morgan fingerprint density at radius 2 is 2.08 bits per heavy atom. The van der Waals surface area contributed by atoms with E-state index in [0.29, 0.717) is 23.4 Å². The molecule has 0 saturated carbocycles. The van der Waals surface area contributed by atoms with E-state index in [9.17, 15) is 9.18 Å². The molecule has 3 aromatic rings. The van der Waals surface area contributed by atoms with Gasteiger partial charge in [0.25, 0.3) is 5.91 Å². The third kappa shape index (κ3) is 2.71. The molecule has 4 rings (SSSR count). The van der Waals surface area contributed by atoms with Crippen LogP contribution in [-0.4, -0.2) is 24.5 Å². The molecule has 0 unspecified atom stereocenters. The van der Waals surface area contributed by atoms with Crippen molar-refractivity contribution in [3.63, 3.8) is 0 Å². The number of nitrogens with zero attached hydrogens (tertiary/aromatic N) is 2. The van der Waals surface area contributed by atoms with E-state index in [1.54, 1.807) is 25.3 Å². The molecule has 1 aromatic heterocycles. The molecular weight excluding hydrogens is 319 g/mol. The largest absolute Gasteiger partial charge is 0.497 e. The maximum atomic E-state index is 14.3. The van der Waals surface area contributed by atoms with Gasteiger partial charge in [-0.3, -0.25) is 4.79 Å². The van der Waals surface area contributed by atoms with Crippen molar-refractivity contribution in [1.82, 2.24) is 4.98 Å². The number of para-hydroxylation sites is 1. The van der Waals surface area contributed by atoms with E-state index in [0.717, 1.165) is 29.5 Å². The number of pyridine rings is 1. The highest BCUT2D eigenvalue weighted by atomic mass is 19.1. The molecule has 4 nitrogen and oxygen atoms in total. The molecule has 0 atom stereocenters. The summed E-state index contributed by atoms with van der Waals surface area (Å²) in [4.78, 5) is 18.9. The molecule has 0 fully saturated rings. The number of halogens is 1. The van der Waals surface area contributed by atoms with E-state index in [2.05, 4.69) is 4.98 Å². The maximum Gasteiger partial charge on any atom is 0.276 e. The topological polar surface area (TPSA) is 42.4 Å². The third-order valence-electron chi connectivity index (χ3n) is 4.53. The summed E-state index contributed by atoms with van der Waals surface area (Å²) in [6.45, 7) is 0.495. The Balaban J connectivity index is 1.74. The van der Waals surface area contributed by atoms with Gasteiger partial charge < -0.3 is 9.64 Å².